The Hall–Kier alpha value is -1.94. The lowest BCUT2D eigenvalue weighted by molar-refractivity contribution is 0.775. The number of benzene rings is 2. The molecule has 0 saturated carbocycles. The van der Waals surface area contributed by atoms with Crippen molar-refractivity contribution in [3.05, 3.63) is 70.5 Å². The summed E-state index contributed by atoms with van der Waals surface area (Å²) in [6.07, 6.45) is 3.04. The monoisotopic (exact) mass is 341 g/mol. The van der Waals surface area contributed by atoms with E-state index in [4.69, 9.17) is 0 Å². The fourth-order valence-electron chi connectivity index (χ4n) is 2.27. The van der Waals surface area contributed by atoms with Crippen LogP contribution in [0.4, 0.5) is 0 Å². The van der Waals surface area contributed by atoms with Crippen molar-refractivity contribution in [2.45, 2.75) is 19.3 Å². The molecule has 0 bridgehead atoms. The second kappa shape index (κ2) is 6.68. The maximum absolute atomic E-state index is 4.57. The normalized spacial score (nSPS) is 10.7. The third kappa shape index (κ3) is 3.79. The van der Waals surface area contributed by atoms with Crippen LogP contribution in [0.1, 0.15) is 17.8 Å². The van der Waals surface area contributed by atoms with Crippen LogP contribution >= 0.6 is 15.9 Å². The summed E-state index contributed by atoms with van der Waals surface area (Å²) in [4.78, 5) is 4.57. The molecule has 0 radical (unpaired) electrons. The molecule has 0 spiro atoms. The van der Waals surface area contributed by atoms with Crippen LogP contribution in [0.25, 0.3) is 11.4 Å². The third-order valence-corrected chi connectivity index (χ3v) is 3.83. The van der Waals surface area contributed by atoms with Crippen molar-refractivity contribution in [2.75, 3.05) is 0 Å². The van der Waals surface area contributed by atoms with Gasteiger partial charge in [-0.15, -0.1) is 0 Å². The molecule has 0 amide bonds. The summed E-state index contributed by atoms with van der Waals surface area (Å²) < 4.78 is 1.04. The first-order chi connectivity index (χ1) is 10.3. The number of nitrogens with zero attached hydrogens (tertiary/aromatic N) is 2. The van der Waals surface area contributed by atoms with Gasteiger partial charge in [0.15, 0.2) is 5.82 Å². The van der Waals surface area contributed by atoms with E-state index in [0.29, 0.717) is 0 Å². The molecule has 2 aromatic carbocycles. The summed E-state index contributed by atoms with van der Waals surface area (Å²) in [6, 6.07) is 18.6. The van der Waals surface area contributed by atoms with Gasteiger partial charge in [-0.05, 0) is 30.5 Å². The molecule has 21 heavy (non-hydrogen) atoms. The standard InChI is InChI=1S/C17H16BrN3/c18-15-10-5-9-14(12-15)17-19-16(20-21-17)11-4-8-13-6-2-1-3-7-13/h1-3,5-7,9-10,12H,4,8,11H2,(H,19,20,21). The minimum absolute atomic E-state index is 0.756. The first-order valence-corrected chi connectivity index (χ1v) is 7.82. The lowest BCUT2D eigenvalue weighted by Crippen LogP contribution is -1.92. The van der Waals surface area contributed by atoms with Crippen molar-refractivity contribution in [2.24, 2.45) is 0 Å². The quantitative estimate of drug-likeness (QED) is 0.746. The predicted octanol–water partition coefficient (Wildman–Crippen LogP) is 4.41. The molecule has 1 aromatic heterocycles. The van der Waals surface area contributed by atoms with Crippen LogP contribution in [-0.2, 0) is 12.8 Å². The van der Waals surface area contributed by atoms with Gasteiger partial charge in [-0.3, -0.25) is 5.10 Å². The van der Waals surface area contributed by atoms with Gasteiger partial charge in [-0.25, -0.2) is 4.98 Å². The van der Waals surface area contributed by atoms with Gasteiger partial charge in [-0.1, -0.05) is 58.4 Å². The van der Waals surface area contributed by atoms with Crippen LogP contribution in [-0.4, -0.2) is 15.2 Å². The lowest BCUT2D eigenvalue weighted by Gasteiger charge is -1.99. The van der Waals surface area contributed by atoms with E-state index in [1.54, 1.807) is 0 Å². The number of aromatic nitrogens is 3. The Morgan fingerprint density at radius 1 is 0.952 bits per heavy atom. The van der Waals surface area contributed by atoms with Crippen LogP contribution in [0.3, 0.4) is 0 Å². The van der Waals surface area contributed by atoms with Gasteiger partial charge in [0.25, 0.3) is 0 Å². The van der Waals surface area contributed by atoms with Crippen molar-refractivity contribution in [3.8, 4) is 11.4 Å². The van der Waals surface area contributed by atoms with Gasteiger partial charge >= 0.3 is 0 Å². The summed E-state index contributed by atoms with van der Waals surface area (Å²) in [7, 11) is 0. The summed E-state index contributed by atoms with van der Waals surface area (Å²) in [6.45, 7) is 0. The van der Waals surface area contributed by atoms with E-state index in [0.717, 1.165) is 40.9 Å². The molecule has 0 fully saturated rings. The largest absolute Gasteiger partial charge is 0.263 e. The van der Waals surface area contributed by atoms with Gasteiger partial charge < -0.3 is 0 Å². The molecule has 1 N–H and O–H groups in total. The van der Waals surface area contributed by atoms with Crippen molar-refractivity contribution < 1.29 is 0 Å². The Balaban J connectivity index is 1.60. The summed E-state index contributed by atoms with van der Waals surface area (Å²) in [5.41, 5.74) is 2.39. The minimum atomic E-state index is 0.756. The Kier molecular flexibility index (Phi) is 4.46. The third-order valence-electron chi connectivity index (χ3n) is 3.34. The zero-order valence-corrected chi connectivity index (χ0v) is 13.2. The second-order valence-electron chi connectivity index (χ2n) is 4.96. The molecule has 0 aliphatic rings. The van der Waals surface area contributed by atoms with E-state index in [1.807, 2.05) is 30.3 Å². The highest BCUT2D eigenvalue weighted by atomic mass is 79.9. The number of aromatic amines is 1. The molecule has 4 heteroatoms. The molecular weight excluding hydrogens is 326 g/mol. The molecule has 3 nitrogen and oxygen atoms in total. The van der Waals surface area contributed by atoms with Crippen molar-refractivity contribution in [3.63, 3.8) is 0 Å². The van der Waals surface area contributed by atoms with Crippen molar-refractivity contribution >= 4 is 15.9 Å². The van der Waals surface area contributed by atoms with Gasteiger partial charge in [0.05, 0.1) is 0 Å². The van der Waals surface area contributed by atoms with E-state index in [2.05, 4.69) is 55.4 Å². The Morgan fingerprint density at radius 2 is 1.81 bits per heavy atom. The fourth-order valence-corrected chi connectivity index (χ4v) is 2.67. The van der Waals surface area contributed by atoms with E-state index < -0.39 is 0 Å². The van der Waals surface area contributed by atoms with Gasteiger partial charge in [0.2, 0.25) is 0 Å². The highest BCUT2D eigenvalue weighted by Gasteiger charge is 2.06. The van der Waals surface area contributed by atoms with E-state index in [-0.39, 0.29) is 0 Å². The van der Waals surface area contributed by atoms with Crippen LogP contribution in [0.15, 0.2) is 59.1 Å². The van der Waals surface area contributed by atoms with Crippen LogP contribution in [0.2, 0.25) is 0 Å². The summed E-state index contributed by atoms with van der Waals surface area (Å²) in [5.74, 6) is 1.70. The number of hydrogen-bond acceptors (Lipinski definition) is 2. The molecule has 0 atom stereocenters. The van der Waals surface area contributed by atoms with E-state index >= 15 is 0 Å². The van der Waals surface area contributed by atoms with Crippen molar-refractivity contribution in [1.29, 1.82) is 0 Å². The molecule has 1 heterocycles. The predicted molar refractivity (Wildman–Crippen MR) is 88.0 cm³/mol. The second-order valence-corrected chi connectivity index (χ2v) is 5.87. The molecular formula is C17H16BrN3. The maximum Gasteiger partial charge on any atom is 0.181 e. The first kappa shape index (κ1) is 14.0. The van der Waals surface area contributed by atoms with Gasteiger partial charge in [0, 0.05) is 16.5 Å². The van der Waals surface area contributed by atoms with E-state index in [9.17, 15) is 0 Å². The Morgan fingerprint density at radius 3 is 2.62 bits per heavy atom. The zero-order valence-electron chi connectivity index (χ0n) is 11.6. The zero-order chi connectivity index (χ0) is 14.5. The maximum atomic E-state index is 4.57. The topological polar surface area (TPSA) is 41.6 Å². The minimum Gasteiger partial charge on any atom is -0.263 e. The highest BCUT2D eigenvalue weighted by Crippen LogP contribution is 2.19. The number of nitrogens with one attached hydrogen (secondary N) is 1. The van der Waals surface area contributed by atoms with Crippen molar-refractivity contribution in [1.82, 2.24) is 15.2 Å². The lowest BCUT2D eigenvalue weighted by atomic mass is 10.1. The molecule has 3 aromatic rings. The van der Waals surface area contributed by atoms with Gasteiger partial charge in [0.1, 0.15) is 5.82 Å². The molecule has 3 rings (SSSR count). The number of halogens is 1. The van der Waals surface area contributed by atoms with Crippen LogP contribution in [0, 0.1) is 0 Å². The SMILES string of the molecule is Brc1cccc(-c2n[nH]c(CCCc3ccccc3)n2)c1. The van der Waals surface area contributed by atoms with E-state index in [1.165, 1.54) is 5.56 Å². The molecule has 0 aliphatic carbocycles. The summed E-state index contributed by atoms with van der Waals surface area (Å²) in [5, 5.41) is 7.33. The Bertz CT molecular complexity index is 707. The van der Waals surface area contributed by atoms with Crippen LogP contribution in [0.5, 0.6) is 0 Å². The fraction of sp³-hybridized carbons (Fsp3) is 0.176. The Labute approximate surface area is 132 Å². The summed E-state index contributed by atoms with van der Waals surface area (Å²) >= 11 is 3.47. The molecule has 0 aliphatic heterocycles. The number of rotatable bonds is 5. The number of hydrogen-bond donors (Lipinski definition) is 1. The average Bonchev–Trinajstić information content (AvgIpc) is 2.97. The molecule has 0 saturated heterocycles. The molecule has 0 unspecified atom stereocenters. The molecule has 106 valence electrons. The van der Waals surface area contributed by atoms with Crippen LogP contribution < -0.4 is 0 Å². The first-order valence-electron chi connectivity index (χ1n) is 7.02. The number of H-pyrrole nitrogens is 1. The number of aryl methyl sites for hydroxylation is 2. The van der Waals surface area contributed by atoms with Gasteiger partial charge in [-0.2, -0.15) is 5.10 Å². The smallest absolute Gasteiger partial charge is 0.181 e. The average molecular weight is 342 g/mol. The highest BCUT2D eigenvalue weighted by molar-refractivity contribution is 9.10.